The molecule has 2 heterocycles. The fourth-order valence-corrected chi connectivity index (χ4v) is 2.58. The van der Waals surface area contributed by atoms with Gasteiger partial charge < -0.3 is 5.73 Å². The third kappa shape index (κ3) is 1.76. The van der Waals surface area contributed by atoms with E-state index in [0.717, 1.165) is 16.6 Å². The number of rotatable bonds is 1. The normalized spacial score (nSPS) is 19.7. The molecule has 0 radical (unpaired) electrons. The number of nitrogens with two attached hydrogens (primary N) is 1. The third-order valence-corrected chi connectivity index (χ3v) is 3.46. The molecule has 0 aliphatic carbocycles. The van der Waals surface area contributed by atoms with E-state index in [9.17, 15) is 9.59 Å². The van der Waals surface area contributed by atoms with Crippen LogP contribution in [-0.4, -0.2) is 21.4 Å². The van der Waals surface area contributed by atoms with Crippen molar-refractivity contribution in [3.63, 3.8) is 0 Å². The van der Waals surface area contributed by atoms with Crippen molar-refractivity contribution in [2.24, 2.45) is 0 Å². The Morgan fingerprint density at radius 1 is 1.42 bits per heavy atom. The summed E-state index contributed by atoms with van der Waals surface area (Å²) in [7, 11) is 0. The lowest BCUT2D eigenvalue weighted by Crippen LogP contribution is -2.42. The van der Waals surface area contributed by atoms with E-state index < -0.39 is 6.04 Å². The average Bonchev–Trinajstić information content (AvgIpc) is 2.67. The molecule has 1 aliphatic rings. The summed E-state index contributed by atoms with van der Waals surface area (Å²) in [4.78, 5) is 27.5. The predicted octanol–water partition coefficient (Wildman–Crippen LogP) is 0.905. The number of imide groups is 1. The average molecular weight is 258 g/mol. The number of imidazole rings is 1. The Hall–Kier alpha value is -2.37. The standard InChI is InChI=1S/C13H14N4O2/c1-7-3-2-4-8-11(7)17(13(14)15-8)9-5-6-10(18)16-12(9)19/h2-4,9H,5-6H2,1H3,(H2,14,15)(H,16,18,19). The number of carbonyl (C=O) groups is 2. The number of nitrogen functional groups attached to an aromatic ring is 1. The first-order valence-corrected chi connectivity index (χ1v) is 6.14. The Balaban J connectivity index is 2.17. The van der Waals surface area contributed by atoms with Gasteiger partial charge in [-0.05, 0) is 25.0 Å². The van der Waals surface area contributed by atoms with Gasteiger partial charge in [-0.3, -0.25) is 19.5 Å². The SMILES string of the molecule is Cc1cccc2nc(N)n(C3CCC(=O)NC3=O)c12. The molecule has 1 unspecified atom stereocenters. The second-order valence-corrected chi connectivity index (χ2v) is 4.75. The van der Waals surface area contributed by atoms with E-state index in [1.165, 1.54) is 0 Å². The van der Waals surface area contributed by atoms with Crippen LogP contribution in [0, 0.1) is 6.92 Å². The minimum absolute atomic E-state index is 0.235. The molecule has 1 atom stereocenters. The van der Waals surface area contributed by atoms with Crippen LogP contribution in [0.15, 0.2) is 18.2 Å². The molecule has 3 rings (SSSR count). The van der Waals surface area contributed by atoms with E-state index in [-0.39, 0.29) is 11.8 Å². The fraction of sp³-hybridized carbons (Fsp3) is 0.308. The molecular weight excluding hydrogens is 244 g/mol. The topological polar surface area (TPSA) is 90.0 Å². The Labute approximate surface area is 109 Å². The summed E-state index contributed by atoms with van der Waals surface area (Å²) in [6, 6.07) is 5.25. The van der Waals surface area contributed by atoms with Gasteiger partial charge in [-0.25, -0.2) is 4.98 Å². The number of para-hydroxylation sites is 1. The quantitative estimate of drug-likeness (QED) is 0.744. The van der Waals surface area contributed by atoms with Crippen LogP contribution in [-0.2, 0) is 9.59 Å². The molecule has 1 fully saturated rings. The number of carbonyl (C=O) groups excluding carboxylic acids is 2. The van der Waals surface area contributed by atoms with Crippen LogP contribution in [0.4, 0.5) is 5.95 Å². The van der Waals surface area contributed by atoms with Crippen molar-refractivity contribution < 1.29 is 9.59 Å². The lowest BCUT2D eigenvalue weighted by molar-refractivity contribution is -0.135. The lowest BCUT2D eigenvalue weighted by atomic mass is 10.1. The van der Waals surface area contributed by atoms with E-state index in [1.54, 1.807) is 4.57 Å². The van der Waals surface area contributed by atoms with Gasteiger partial charge in [-0.15, -0.1) is 0 Å². The van der Waals surface area contributed by atoms with E-state index in [4.69, 9.17) is 5.73 Å². The second-order valence-electron chi connectivity index (χ2n) is 4.75. The van der Waals surface area contributed by atoms with Crippen LogP contribution in [0.2, 0.25) is 0 Å². The zero-order valence-electron chi connectivity index (χ0n) is 10.5. The Kier molecular flexibility index (Phi) is 2.51. The van der Waals surface area contributed by atoms with Crippen molar-refractivity contribution in [2.45, 2.75) is 25.8 Å². The molecule has 1 aromatic heterocycles. The van der Waals surface area contributed by atoms with Gasteiger partial charge in [-0.2, -0.15) is 0 Å². The Morgan fingerprint density at radius 2 is 2.21 bits per heavy atom. The third-order valence-electron chi connectivity index (χ3n) is 3.46. The number of aromatic nitrogens is 2. The molecule has 2 aromatic rings. The molecule has 0 spiro atoms. The van der Waals surface area contributed by atoms with Crippen molar-refractivity contribution in [3.05, 3.63) is 23.8 Å². The van der Waals surface area contributed by atoms with E-state index in [2.05, 4.69) is 10.3 Å². The van der Waals surface area contributed by atoms with Crippen molar-refractivity contribution in [2.75, 3.05) is 5.73 Å². The minimum Gasteiger partial charge on any atom is -0.369 e. The number of hydrogen-bond donors (Lipinski definition) is 2. The molecule has 19 heavy (non-hydrogen) atoms. The van der Waals surface area contributed by atoms with Gasteiger partial charge in [-0.1, -0.05) is 12.1 Å². The lowest BCUT2D eigenvalue weighted by Gasteiger charge is -2.23. The minimum atomic E-state index is -0.469. The number of hydrogen-bond acceptors (Lipinski definition) is 4. The maximum absolute atomic E-state index is 12.0. The molecule has 2 amide bonds. The van der Waals surface area contributed by atoms with Gasteiger partial charge in [0.2, 0.25) is 17.8 Å². The Bertz CT molecular complexity index is 689. The maximum atomic E-state index is 12.0. The number of amides is 2. The number of benzene rings is 1. The van der Waals surface area contributed by atoms with Crippen molar-refractivity contribution in [1.29, 1.82) is 0 Å². The molecule has 1 aliphatic heterocycles. The zero-order chi connectivity index (χ0) is 13.6. The molecule has 0 saturated carbocycles. The molecule has 0 bridgehead atoms. The molecule has 1 aromatic carbocycles. The summed E-state index contributed by atoms with van der Waals surface area (Å²) in [5.41, 5.74) is 8.56. The van der Waals surface area contributed by atoms with Gasteiger partial charge in [0.15, 0.2) is 0 Å². The first-order chi connectivity index (χ1) is 9.08. The summed E-state index contributed by atoms with van der Waals surface area (Å²) >= 11 is 0. The van der Waals surface area contributed by atoms with Crippen LogP contribution >= 0.6 is 0 Å². The summed E-state index contributed by atoms with van der Waals surface area (Å²) in [5.74, 6) is -0.245. The van der Waals surface area contributed by atoms with Gasteiger partial charge in [0.05, 0.1) is 11.0 Å². The first kappa shape index (κ1) is 11.7. The monoisotopic (exact) mass is 258 g/mol. The highest BCUT2D eigenvalue weighted by Gasteiger charge is 2.30. The highest BCUT2D eigenvalue weighted by molar-refractivity contribution is 6.00. The number of fused-ring (bicyclic) bond motifs is 1. The largest absolute Gasteiger partial charge is 0.369 e. The highest BCUT2D eigenvalue weighted by Crippen LogP contribution is 2.29. The molecule has 6 nitrogen and oxygen atoms in total. The zero-order valence-corrected chi connectivity index (χ0v) is 10.5. The van der Waals surface area contributed by atoms with Gasteiger partial charge in [0.1, 0.15) is 6.04 Å². The number of nitrogens with zero attached hydrogens (tertiary/aromatic N) is 2. The fourth-order valence-electron chi connectivity index (χ4n) is 2.58. The number of piperidine rings is 1. The smallest absolute Gasteiger partial charge is 0.249 e. The number of anilines is 1. The van der Waals surface area contributed by atoms with Crippen molar-refractivity contribution in [3.8, 4) is 0 Å². The molecule has 98 valence electrons. The van der Waals surface area contributed by atoms with Gasteiger partial charge in [0.25, 0.3) is 0 Å². The summed E-state index contributed by atoms with van der Waals surface area (Å²) < 4.78 is 1.73. The summed E-state index contributed by atoms with van der Waals surface area (Å²) in [6.07, 6.45) is 0.774. The highest BCUT2D eigenvalue weighted by atomic mass is 16.2. The predicted molar refractivity (Wildman–Crippen MR) is 70.3 cm³/mol. The molecule has 3 N–H and O–H groups in total. The number of nitrogens with one attached hydrogen (secondary N) is 1. The van der Waals surface area contributed by atoms with Gasteiger partial charge >= 0.3 is 0 Å². The second kappa shape index (κ2) is 4.08. The summed E-state index contributed by atoms with van der Waals surface area (Å²) in [6.45, 7) is 1.95. The van der Waals surface area contributed by atoms with Crippen molar-refractivity contribution >= 4 is 28.8 Å². The van der Waals surface area contributed by atoms with E-state index >= 15 is 0 Å². The maximum Gasteiger partial charge on any atom is 0.249 e. The van der Waals surface area contributed by atoms with Gasteiger partial charge in [0, 0.05) is 6.42 Å². The molecule has 6 heteroatoms. The molecule has 1 saturated heterocycles. The van der Waals surface area contributed by atoms with Crippen molar-refractivity contribution in [1.82, 2.24) is 14.9 Å². The van der Waals surface area contributed by atoms with Crippen LogP contribution in [0.5, 0.6) is 0 Å². The number of aryl methyl sites for hydroxylation is 1. The molecular formula is C13H14N4O2. The van der Waals surface area contributed by atoms with Crippen LogP contribution in [0.3, 0.4) is 0 Å². The van der Waals surface area contributed by atoms with Crippen LogP contribution in [0.25, 0.3) is 11.0 Å². The van der Waals surface area contributed by atoms with E-state index in [0.29, 0.717) is 18.8 Å². The van der Waals surface area contributed by atoms with Crippen LogP contribution < -0.4 is 11.1 Å². The summed E-state index contributed by atoms with van der Waals surface area (Å²) in [5, 5.41) is 2.35. The van der Waals surface area contributed by atoms with Crippen LogP contribution in [0.1, 0.15) is 24.4 Å². The van der Waals surface area contributed by atoms with E-state index in [1.807, 2.05) is 25.1 Å². The first-order valence-electron chi connectivity index (χ1n) is 6.14. The Morgan fingerprint density at radius 3 is 2.95 bits per heavy atom.